The predicted molar refractivity (Wildman–Crippen MR) is 84.1 cm³/mol. The van der Waals surface area contributed by atoms with Crippen LogP contribution in [0.4, 0.5) is 4.39 Å². The number of benzene rings is 1. The van der Waals surface area contributed by atoms with Gasteiger partial charge >= 0.3 is 0 Å². The summed E-state index contributed by atoms with van der Waals surface area (Å²) in [6.07, 6.45) is -0.364. The second kappa shape index (κ2) is 6.75. The highest BCUT2D eigenvalue weighted by molar-refractivity contribution is 5.87. The SMILES string of the molecule is C[C@H](O)CN1CCN(C(=O)C(C)(C)c2ccccc2F)CC1. The zero-order valence-electron chi connectivity index (χ0n) is 13.6. The first-order valence-corrected chi connectivity index (χ1v) is 7.77. The van der Waals surface area contributed by atoms with Gasteiger partial charge < -0.3 is 10.0 Å². The molecule has 122 valence electrons. The third-order valence-corrected chi connectivity index (χ3v) is 4.26. The first-order chi connectivity index (χ1) is 10.3. The quantitative estimate of drug-likeness (QED) is 0.919. The molecule has 1 N–H and O–H groups in total. The minimum Gasteiger partial charge on any atom is -0.392 e. The van der Waals surface area contributed by atoms with Crippen LogP contribution in [-0.4, -0.2) is 59.6 Å². The summed E-state index contributed by atoms with van der Waals surface area (Å²) in [4.78, 5) is 16.7. The number of carbonyl (C=O) groups excluding carboxylic acids is 1. The van der Waals surface area contributed by atoms with E-state index in [4.69, 9.17) is 0 Å². The van der Waals surface area contributed by atoms with Gasteiger partial charge in [-0.2, -0.15) is 0 Å². The average Bonchev–Trinajstić information content (AvgIpc) is 2.47. The molecule has 1 heterocycles. The fourth-order valence-corrected chi connectivity index (χ4v) is 2.99. The Bertz CT molecular complexity index is 523. The smallest absolute Gasteiger partial charge is 0.232 e. The molecule has 1 aromatic carbocycles. The second-order valence-corrected chi connectivity index (χ2v) is 6.55. The van der Waals surface area contributed by atoms with Crippen molar-refractivity contribution in [1.29, 1.82) is 0 Å². The maximum Gasteiger partial charge on any atom is 0.232 e. The van der Waals surface area contributed by atoms with Gasteiger partial charge in [-0.3, -0.25) is 9.69 Å². The van der Waals surface area contributed by atoms with Crippen LogP contribution < -0.4 is 0 Å². The van der Waals surface area contributed by atoms with E-state index in [1.165, 1.54) is 6.07 Å². The van der Waals surface area contributed by atoms with Gasteiger partial charge in [0.2, 0.25) is 5.91 Å². The lowest BCUT2D eigenvalue weighted by molar-refractivity contribution is -0.138. The molecule has 1 aliphatic heterocycles. The van der Waals surface area contributed by atoms with E-state index in [0.29, 0.717) is 25.2 Å². The molecule has 1 amide bonds. The molecular formula is C17H25FN2O2. The Balaban J connectivity index is 2.04. The van der Waals surface area contributed by atoms with Crippen molar-refractivity contribution in [3.63, 3.8) is 0 Å². The van der Waals surface area contributed by atoms with Crippen LogP contribution in [0.25, 0.3) is 0 Å². The van der Waals surface area contributed by atoms with Crippen molar-refractivity contribution >= 4 is 5.91 Å². The number of hydrogen-bond donors (Lipinski definition) is 1. The summed E-state index contributed by atoms with van der Waals surface area (Å²) < 4.78 is 14.0. The Kier molecular flexibility index (Phi) is 5.19. The van der Waals surface area contributed by atoms with Crippen molar-refractivity contribution in [2.24, 2.45) is 0 Å². The molecule has 4 nitrogen and oxygen atoms in total. The fourth-order valence-electron chi connectivity index (χ4n) is 2.99. The van der Waals surface area contributed by atoms with Crippen molar-refractivity contribution in [2.75, 3.05) is 32.7 Å². The number of rotatable bonds is 4. The molecule has 22 heavy (non-hydrogen) atoms. The molecule has 0 radical (unpaired) electrons. The largest absolute Gasteiger partial charge is 0.392 e. The minimum atomic E-state index is -0.877. The van der Waals surface area contributed by atoms with Gasteiger partial charge in [-0.15, -0.1) is 0 Å². The average molecular weight is 308 g/mol. The van der Waals surface area contributed by atoms with Crippen LogP contribution in [0.15, 0.2) is 24.3 Å². The molecule has 1 fully saturated rings. The minimum absolute atomic E-state index is 0.0469. The number of aliphatic hydroxyl groups excluding tert-OH is 1. The summed E-state index contributed by atoms with van der Waals surface area (Å²) in [6.45, 7) is 8.64. The van der Waals surface area contributed by atoms with Gasteiger partial charge in [0.05, 0.1) is 11.5 Å². The summed E-state index contributed by atoms with van der Waals surface area (Å²) in [5.74, 6) is -0.386. The number of amides is 1. The molecule has 1 atom stereocenters. The van der Waals surface area contributed by atoms with Gasteiger partial charge in [-0.05, 0) is 26.8 Å². The van der Waals surface area contributed by atoms with Crippen LogP contribution in [0.1, 0.15) is 26.3 Å². The maximum atomic E-state index is 14.0. The van der Waals surface area contributed by atoms with Crippen molar-refractivity contribution < 1.29 is 14.3 Å². The summed E-state index contributed by atoms with van der Waals surface area (Å²) in [5, 5.41) is 9.42. The molecule has 1 saturated heterocycles. The van der Waals surface area contributed by atoms with Crippen molar-refractivity contribution in [2.45, 2.75) is 32.3 Å². The second-order valence-electron chi connectivity index (χ2n) is 6.55. The van der Waals surface area contributed by atoms with E-state index in [2.05, 4.69) is 4.90 Å². The van der Waals surface area contributed by atoms with E-state index in [1.807, 2.05) is 0 Å². The lowest BCUT2D eigenvalue weighted by Crippen LogP contribution is -2.54. The van der Waals surface area contributed by atoms with Crippen LogP contribution in [-0.2, 0) is 10.2 Å². The molecule has 0 bridgehead atoms. The molecule has 0 unspecified atom stereocenters. The maximum absolute atomic E-state index is 14.0. The summed E-state index contributed by atoms with van der Waals surface area (Å²) >= 11 is 0. The number of carbonyl (C=O) groups is 1. The van der Waals surface area contributed by atoms with Crippen LogP contribution in [0.5, 0.6) is 0 Å². The molecule has 0 aliphatic carbocycles. The van der Waals surface area contributed by atoms with Crippen LogP contribution >= 0.6 is 0 Å². The molecule has 0 aromatic heterocycles. The molecule has 2 rings (SSSR count). The molecule has 0 spiro atoms. The highest BCUT2D eigenvalue weighted by Crippen LogP contribution is 2.28. The summed E-state index contributed by atoms with van der Waals surface area (Å²) in [5.41, 5.74) is -0.441. The predicted octanol–water partition coefficient (Wildman–Crippen LogP) is 1.63. The zero-order chi connectivity index (χ0) is 16.3. The van der Waals surface area contributed by atoms with Gasteiger partial charge in [0, 0.05) is 38.3 Å². The molecule has 5 heteroatoms. The van der Waals surface area contributed by atoms with Crippen LogP contribution in [0.3, 0.4) is 0 Å². The van der Waals surface area contributed by atoms with Crippen molar-refractivity contribution in [3.8, 4) is 0 Å². The van der Waals surface area contributed by atoms with Crippen molar-refractivity contribution in [3.05, 3.63) is 35.6 Å². The number of aliphatic hydroxyl groups is 1. The third-order valence-electron chi connectivity index (χ3n) is 4.26. The zero-order valence-corrected chi connectivity index (χ0v) is 13.6. The lowest BCUT2D eigenvalue weighted by atomic mass is 9.82. The summed E-state index contributed by atoms with van der Waals surface area (Å²) in [7, 11) is 0. The van der Waals surface area contributed by atoms with Gasteiger partial charge in [-0.1, -0.05) is 18.2 Å². The van der Waals surface area contributed by atoms with E-state index >= 15 is 0 Å². The highest BCUT2D eigenvalue weighted by Gasteiger charge is 2.36. The Labute approximate surface area is 131 Å². The van der Waals surface area contributed by atoms with E-state index in [9.17, 15) is 14.3 Å². The number of piperazine rings is 1. The monoisotopic (exact) mass is 308 g/mol. The van der Waals surface area contributed by atoms with E-state index in [1.54, 1.807) is 43.9 Å². The molecular weight excluding hydrogens is 283 g/mol. The highest BCUT2D eigenvalue weighted by atomic mass is 19.1. The number of halogens is 1. The number of nitrogens with zero attached hydrogens (tertiary/aromatic N) is 2. The third kappa shape index (κ3) is 3.65. The number of hydrogen-bond acceptors (Lipinski definition) is 3. The van der Waals surface area contributed by atoms with Gasteiger partial charge in [0.1, 0.15) is 5.82 Å². The van der Waals surface area contributed by atoms with Crippen LogP contribution in [0.2, 0.25) is 0 Å². The molecule has 1 aliphatic rings. The van der Waals surface area contributed by atoms with Gasteiger partial charge in [0.25, 0.3) is 0 Å². The Hall–Kier alpha value is -1.46. The Morgan fingerprint density at radius 2 is 1.86 bits per heavy atom. The Morgan fingerprint density at radius 1 is 1.27 bits per heavy atom. The normalized spacial score (nSPS) is 18.3. The van der Waals surface area contributed by atoms with Crippen LogP contribution in [0, 0.1) is 5.82 Å². The standard InChI is InChI=1S/C17H25FN2O2/c1-13(21)12-19-8-10-20(11-9-19)16(22)17(2,3)14-6-4-5-7-15(14)18/h4-7,13,21H,8-12H2,1-3H3/t13-/m0/s1. The van der Waals surface area contributed by atoms with E-state index in [0.717, 1.165) is 13.1 Å². The number of β-amino-alcohol motifs (C(OH)–C–C–N with tert-alkyl or cyclic N) is 1. The molecule has 0 saturated carbocycles. The van der Waals surface area contributed by atoms with Gasteiger partial charge in [0.15, 0.2) is 0 Å². The van der Waals surface area contributed by atoms with E-state index < -0.39 is 5.41 Å². The molecule has 1 aromatic rings. The lowest BCUT2D eigenvalue weighted by Gasteiger charge is -2.39. The van der Waals surface area contributed by atoms with Crippen molar-refractivity contribution in [1.82, 2.24) is 9.80 Å². The topological polar surface area (TPSA) is 43.8 Å². The van der Waals surface area contributed by atoms with Gasteiger partial charge in [-0.25, -0.2) is 4.39 Å². The first-order valence-electron chi connectivity index (χ1n) is 7.77. The first kappa shape index (κ1) is 16.9. The fraction of sp³-hybridized carbons (Fsp3) is 0.588. The summed E-state index contributed by atoms with van der Waals surface area (Å²) in [6, 6.07) is 6.46. The van der Waals surface area contributed by atoms with E-state index in [-0.39, 0.29) is 17.8 Å². The Morgan fingerprint density at radius 3 is 2.41 bits per heavy atom.